The van der Waals surface area contributed by atoms with Gasteiger partial charge in [-0.1, -0.05) is 297 Å². The van der Waals surface area contributed by atoms with Crippen molar-refractivity contribution in [3.63, 3.8) is 0 Å². The van der Waals surface area contributed by atoms with Crippen molar-refractivity contribution in [2.24, 2.45) is 0 Å². The van der Waals surface area contributed by atoms with Gasteiger partial charge >= 0.3 is 0 Å². The van der Waals surface area contributed by atoms with Gasteiger partial charge in [0.2, 0.25) is 0 Å². The highest BCUT2D eigenvalue weighted by Gasteiger charge is 2.30. The fourth-order valence-electron chi connectivity index (χ4n) is 23.3. The number of nitrogens with zero attached hydrogens (tertiary/aromatic N) is 11. The maximum absolute atomic E-state index is 5.25. The first-order valence-corrected chi connectivity index (χ1v) is 48.2. The SMILES string of the molecule is c1ccc(-c2cccc(-n3c4ccccc4c4cc5c6ccc7c8ccccc8n(-c8ccccc8)c7c6n(-c6ccccc6)c5cc43)n2)cc1.c1ccc(-n2c3ccccc3c3c4c5cc6c7ccccc7n(-c7ccccn7)c6cc5n(-c5ccccc5)c4ccc32)cc1.c1ccc(-n2c3ccccc3c3cc4c5ccc6c(c7ccccc7n6-c6ccccc6)c5n(-c5ccccc5)c4cc32)cc1. The number of para-hydroxylation sites is 13. The third-order valence-electron chi connectivity index (χ3n) is 29.1. The van der Waals surface area contributed by atoms with Crippen LogP contribution in [0.2, 0.25) is 0 Å². The zero-order valence-electron chi connectivity index (χ0n) is 76.3. The molecule has 11 nitrogen and oxygen atoms in total. The molecule has 0 amide bonds. The van der Waals surface area contributed by atoms with Gasteiger partial charge in [-0.15, -0.1) is 0 Å². The number of hydrogen-bond acceptors (Lipinski definition) is 2. The van der Waals surface area contributed by atoms with Gasteiger partial charge in [0, 0.05) is 149 Å². The Morgan fingerprint density at radius 1 is 0.135 bits per heavy atom. The molecule has 0 aliphatic heterocycles. The summed E-state index contributed by atoms with van der Waals surface area (Å²) in [4.78, 5) is 10.0. The van der Waals surface area contributed by atoms with Crippen LogP contribution in [-0.2, 0) is 0 Å². The topological polar surface area (TPSA) is 70.2 Å². The zero-order valence-corrected chi connectivity index (χ0v) is 76.3. The monoisotopic (exact) mass is 1800 g/mol. The lowest BCUT2D eigenvalue weighted by atomic mass is 10.0. The predicted octanol–water partition coefficient (Wildman–Crippen LogP) is 33.4. The van der Waals surface area contributed by atoms with E-state index in [9.17, 15) is 0 Å². The molecular formula is C130H83N11. The average Bonchev–Trinajstić information content (AvgIpc) is 1.54. The number of hydrogen-bond donors (Lipinski definition) is 0. The molecule has 31 aromatic rings. The summed E-state index contributed by atoms with van der Waals surface area (Å²) < 4.78 is 21.7. The molecule has 658 valence electrons. The van der Waals surface area contributed by atoms with Gasteiger partial charge in [-0.3, -0.25) is 9.13 Å². The summed E-state index contributed by atoms with van der Waals surface area (Å²) >= 11 is 0. The molecule has 0 N–H and O–H groups in total. The Bertz CT molecular complexity index is 10400. The maximum atomic E-state index is 5.25. The van der Waals surface area contributed by atoms with Gasteiger partial charge in [0.25, 0.3) is 0 Å². The Morgan fingerprint density at radius 2 is 0.397 bits per heavy atom. The molecule has 141 heavy (non-hydrogen) atoms. The minimum Gasteiger partial charge on any atom is -0.309 e. The first-order chi connectivity index (χ1) is 70.1. The van der Waals surface area contributed by atoms with Crippen molar-refractivity contribution in [3.8, 4) is 62.7 Å². The van der Waals surface area contributed by atoms with Gasteiger partial charge in [0.15, 0.2) is 0 Å². The van der Waals surface area contributed by atoms with E-state index >= 15 is 0 Å². The summed E-state index contributed by atoms with van der Waals surface area (Å²) in [6, 6.07) is 179. The third kappa shape index (κ3) is 12.1. The van der Waals surface area contributed by atoms with E-state index in [0.717, 1.165) is 78.9 Å². The molecule has 0 atom stereocenters. The van der Waals surface area contributed by atoms with Crippen LogP contribution in [0.15, 0.2) is 504 Å². The molecule has 0 saturated heterocycles. The van der Waals surface area contributed by atoms with Crippen molar-refractivity contribution < 1.29 is 0 Å². The minimum absolute atomic E-state index is 0.899. The van der Waals surface area contributed by atoms with E-state index in [1.165, 1.54) is 180 Å². The van der Waals surface area contributed by atoms with Crippen LogP contribution in [0.1, 0.15) is 0 Å². The molecule has 31 rings (SSSR count). The molecule has 0 saturated carbocycles. The quantitative estimate of drug-likeness (QED) is 0.137. The molecule has 11 aromatic heterocycles. The van der Waals surface area contributed by atoms with Crippen molar-refractivity contribution in [3.05, 3.63) is 504 Å². The molecule has 20 aromatic carbocycles. The fourth-order valence-corrected chi connectivity index (χ4v) is 23.3. The minimum atomic E-state index is 0.899. The van der Waals surface area contributed by atoms with Crippen LogP contribution in [0.3, 0.4) is 0 Å². The molecule has 0 bridgehead atoms. The lowest BCUT2D eigenvalue weighted by Gasteiger charge is -2.13. The number of aromatic nitrogens is 11. The van der Waals surface area contributed by atoms with Crippen LogP contribution in [0, 0.1) is 0 Å². The normalized spacial score (nSPS) is 12.0. The molecule has 11 heterocycles. The highest BCUT2D eigenvalue weighted by atomic mass is 15.1. The summed E-state index contributed by atoms with van der Waals surface area (Å²) in [5, 5.41) is 22.4. The Morgan fingerprint density at radius 3 is 0.844 bits per heavy atom. The number of rotatable bonds is 10. The van der Waals surface area contributed by atoms with E-state index in [1.807, 2.05) is 18.3 Å². The van der Waals surface area contributed by atoms with E-state index in [2.05, 4.69) is 526 Å². The number of fused-ring (bicyclic) bond motifs is 30. The summed E-state index contributed by atoms with van der Waals surface area (Å²) in [5.74, 6) is 1.81. The molecule has 0 aliphatic rings. The smallest absolute Gasteiger partial charge is 0.138 e. The molecule has 0 radical (unpaired) electrons. The first kappa shape index (κ1) is 79.3. The van der Waals surface area contributed by atoms with E-state index < -0.39 is 0 Å². The van der Waals surface area contributed by atoms with Crippen LogP contribution < -0.4 is 0 Å². The van der Waals surface area contributed by atoms with Gasteiger partial charge < -0.3 is 32.0 Å². The van der Waals surface area contributed by atoms with Gasteiger partial charge in [-0.05, 0) is 200 Å². The summed E-state index contributed by atoms with van der Waals surface area (Å²) in [6.07, 6.45) is 1.87. The number of benzene rings is 20. The first-order valence-electron chi connectivity index (χ1n) is 48.2. The maximum Gasteiger partial charge on any atom is 0.138 e. The molecule has 0 spiro atoms. The Hall–Kier alpha value is -19.1. The molecule has 0 aliphatic carbocycles. The number of pyridine rings is 2. The van der Waals surface area contributed by atoms with Gasteiger partial charge in [-0.2, -0.15) is 0 Å². The standard InChI is InChI=1S/C47H30N4.C42H27N3.C41H26N4/c1-4-15-31(16-5-1)40-23-14-26-45(48-40)51-42-25-13-11-22-35(42)38-29-39-37-28-27-36-34-21-10-12-24-41(34)49(32-17-6-2-7-18-32)46(36)47(37)50(43(39)30-44(38)51)33-19-8-3-9-20-33;1-4-14-28(15-5-1)43-37-23-13-11-21-33(37)41-38(43)25-24-32-35-26-34-31-20-10-12-22-36(31)44(29-16-6-2-7-17-29)39(34)27-40(35)45(42(32)41)30-18-8-3-9-19-30;1-3-13-27(14-4-1)43-34-20-10-8-18-30(34)40-35(43)22-23-36-41(40)32-25-31-29-17-7-9-19-33(29)45(39-21-11-12-24-42-39)37(31)26-38(32)44(36)28-15-5-2-6-16-28/h1-30H;1-27H;1-26H. The van der Waals surface area contributed by atoms with Gasteiger partial charge in [-0.25, -0.2) is 9.97 Å². The van der Waals surface area contributed by atoms with E-state index in [0.29, 0.717) is 0 Å². The second-order valence-electron chi connectivity index (χ2n) is 36.6. The van der Waals surface area contributed by atoms with E-state index in [1.54, 1.807) is 0 Å². The van der Waals surface area contributed by atoms with E-state index in [4.69, 9.17) is 9.97 Å². The largest absolute Gasteiger partial charge is 0.309 e. The molecule has 0 unspecified atom stereocenters. The average molecular weight is 1800 g/mol. The fraction of sp³-hybridized carbons (Fsp3) is 0. The molecule has 0 fully saturated rings. The van der Waals surface area contributed by atoms with Crippen molar-refractivity contribution in [1.29, 1.82) is 0 Å². The summed E-state index contributed by atoms with van der Waals surface area (Å²) in [5.41, 5.74) is 31.5. The second-order valence-corrected chi connectivity index (χ2v) is 36.6. The highest BCUT2D eigenvalue weighted by Crippen LogP contribution is 2.51. The third-order valence-corrected chi connectivity index (χ3v) is 29.1. The van der Waals surface area contributed by atoms with Crippen LogP contribution in [-0.4, -0.2) is 51.1 Å². The zero-order chi connectivity index (χ0) is 92.4. The van der Waals surface area contributed by atoms with Crippen LogP contribution in [0.5, 0.6) is 0 Å². The van der Waals surface area contributed by atoms with Crippen LogP contribution in [0.25, 0.3) is 259 Å². The Balaban J connectivity index is 0.000000102. The summed E-state index contributed by atoms with van der Waals surface area (Å²) in [6.45, 7) is 0. The van der Waals surface area contributed by atoms with Crippen LogP contribution >= 0.6 is 0 Å². The second kappa shape index (κ2) is 31.8. The van der Waals surface area contributed by atoms with Crippen molar-refractivity contribution in [1.82, 2.24) is 51.1 Å². The highest BCUT2D eigenvalue weighted by molar-refractivity contribution is 6.33. The Kier molecular flexibility index (Phi) is 17.9. The van der Waals surface area contributed by atoms with Gasteiger partial charge in [0.05, 0.1) is 105 Å². The lowest BCUT2D eigenvalue weighted by molar-refractivity contribution is 1.08. The van der Waals surface area contributed by atoms with Crippen molar-refractivity contribution in [2.45, 2.75) is 0 Å². The molecule has 11 heteroatoms. The van der Waals surface area contributed by atoms with Gasteiger partial charge in [0.1, 0.15) is 11.6 Å². The predicted molar refractivity (Wildman–Crippen MR) is 589 cm³/mol. The van der Waals surface area contributed by atoms with Crippen LogP contribution in [0.4, 0.5) is 0 Å². The van der Waals surface area contributed by atoms with Crippen molar-refractivity contribution >= 4 is 196 Å². The Labute approximate surface area is 808 Å². The lowest BCUT2D eigenvalue weighted by Crippen LogP contribution is -2.00. The van der Waals surface area contributed by atoms with E-state index in [-0.39, 0.29) is 0 Å². The summed E-state index contributed by atoms with van der Waals surface area (Å²) in [7, 11) is 0. The van der Waals surface area contributed by atoms with Crippen molar-refractivity contribution in [2.75, 3.05) is 0 Å². The molecular weight excluding hydrogens is 1720 g/mol.